The van der Waals surface area contributed by atoms with Gasteiger partial charge in [-0.15, -0.1) is 16.4 Å². The topological polar surface area (TPSA) is 85.6 Å². The Morgan fingerprint density at radius 3 is 2.57 bits per heavy atom. The van der Waals surface area contributed by atoms with Crippen LogP contribution in [0.15, 0.2) is 64.9 Å². The van der Waals surface area contributed by atoms with E-state index in [-0.39, 0.29) is 11.4 Å². The number of aromatic nitrogens is 3. The van der Waals surface area contributed by atoms with Crippen LogP contribution in [0, 0.1) is 0 Å². The summed E-state index contributed by atoms with van der Waals surface area (Å²) >= 11 is 1.48. The average molecular weight is 415 g/mol. The summed E-state index contributed by atoms with van der Waals surface area (Å²) in [6.07, 6.45) is 0.511. The molecule has 144 valence electrons. The molecular weight excluding hydrogens is 396 g/mol. The first kappa shape index (κ1) is 18.6. The highest BCUT2D eigenvalue weighted by molar-refractivity contribution is 7.89. The van der Waals surface area contributed by atoms with Crippen LogP contribution < -0.4 is 9.46 Å². The third kappa shape index (κ3) is 3.77. The molecule has 0 unspecified atom stereocenters. The zero-order valence-electron chi connectivity index (χ0n) is 15.1. The molecule has 0 saturated carbocycles. The number of thiazole rings is 1. The van der Waals surface area contributed by atoms with Crippen LogP contribution in [0.4, 0.5) is 0 Å². The Labute approximate surface area is 166 Å². The van der Waals surface area contributed by atoms with Crippen molar-refractivity contribution in [3.8, 4) is 17.1 Å². The summed E-state index contributed by atoms with van der Waals surface area (Å²) in [6.45, 7) is 0.279. The van der Waals surface area contributed by atoms with Crippen LogP contribution in [-0.4, -0.2) is 36.7 Å². The monoisotopic (exact) mass is 414 g/mol. The van der Waals surface area contributed by atoms with Gasteiger partial charge in [0.15, 0.2) is 5.82 Å². The Bertz CT molecular complexity index is 1180. The summed E-state index contributed by atoms with van der Waals surface area (Å²) in [6, 6.07) is 15.9. The minimum absolute atomic E-state index is 0.257. The molecule has 0 fully saturated rings. The zero-order valence-corrected chi connectivity index (χ0v) is 16.7. The lowest BCUT2D eigenvalue weighted by Gasteiger charge is -2.06. The molecule has 0 atom stereocenters. The van der Waals surface area contributed by atoms with Crippen molar-refractivity contribution >= 4 is 26.3 Å². The molecule has 0 aliphatic rings. The molecule has 4 aromatic rings. The van der Waals surface area contributed by atoms with Crippen molar-refractivity contribution in [2.75, 3.05) is 13.7 Å². The molecular formula is C19H18N4O3S2. The Kier molecular flexibility index (Phi) is 5.12. The number of nitrogens with zero attached hydrogens (tertiary/aromatic N) is 3. The van der Waals surface area contributed by atoms with Crippen LogP contribution in [0.3, 0.4) is 0 Å². The summed E-state index contributed by atoms with van der Waals surface area (Å²) in [5.41, 5.74) is 1.80. The molecule has 0 radical (unpaired) electrons. The first-order valence-electron chi connectivity index (χ1n) is 8.59. The highest BCUT2D eigenvalue weighted by atomic mass is 32.2. The zero-order chi connectivity index (χ0) is 19.6. The van der Waals surface area contributed by atoms with Gasteiger partial charge in [0, 0.05) is 23.9 Å². The first-order chi connectivity index (χ1) is 13.6. The fraction of sp³-hybridized carbons (Fsp3) is 0.158. The number of ether oxygens (including phenoxy) is 1. The molecule has 1 N–H and O–H groups in total. The van der Waals surface area contributed by atoms with Gasteiger partial charge in [-0.2, -0.15) is 4.98 Å². The van der Waals surface area contributed by atoms with Crippen molar-refractivity contribution in [2.45, 2.75) is 11.3 Å². The van der Waals surface area contributed by atoms with Crippen LogP contribution in [0.25, 0.3) is 16.3 Å². The molecule has 4 rings (SSSR count). The highest BCUT2D eigenvalue weighted by Gasteiger charge is 2.15. The molecule has 2 heterocycles. The molecule has 0 spiro atoms. The third-order valence-corrected chi connectivity index (χ3v) is 6.57. The Morgan fingerprint density at radius 1 is 1.11 bits per heavy atom. The number of rotatable bonds is 7. The Hall–Kier alpha value is -2.75. The Morgan fingerprint density at radius 2 is 1.86 bits per heavy atom. The van der Waals surface area contributed by atoms with Crippen molar-refractivity contribution in [1.82, 2.24) is 19.3 Å². The smallest absolute Gasteiger partial charge is 0.240 e. The number of sulfonamides is 1. The standard InChI is InChI=1S/C19H18N4O3S2/c1-26-16-9-7-14(8-10-16)18-21-19-23(22-18)15(13-27-19)11-12-20-28(24,25)17-5-3-2-4-6-17/h2-10,13,20H,11-12H2,1H3. The van der Waals surface area contributed by atoms with Crippen molar-refractivity contribution in [3.63, 3.8) is 0 Å². The van der Waals surface area contributed by atoms with Crippen LogP contribution in [0.5, 0.6) is 5.75 Å². The van der Waals surface area contributed by atoms with Crippen LogP contribution in [0.1, 0.15) is 5.69 Å². The van der Waals surface area contributed by atoms with Gasteiger partial charge in [0.25, 0.3) is 0 Å². The second-order valence-electron chi connectivity index (χ2n) is 6.05. The van der Waals surface area contributed by atoms with Crippen molar-refractivity contribution in [2.24, 2.45) is 0 Å². The summed E-state index contributed by atoms with van der Waals surface area (Å²) in [4.78, 5) is 5.58. The number of hydrogen-bond acceptors (Lipinski definition) is 6. The molecule has 28 heavy (non-hydrogen) atoms. The van der Waals surface area contributed by atoms with E-state index in [1.807, 2.05) is 29.6 Å². The van der Waals surface area contributed by atoms with E-state index in [4.69, 9.17) is 4.74 Å². The number of methoxy groups -OCH3 is 1. The highest BCUT2D eigenvalue weighted by Crippen LogP contribution is 2.23. The van der Waals surface area contributed by atoms with Crippen LogP contribution in [0.2, 0.25) is 0 Å². The lowest BCUT2D eigenvalue weighted by molar-refractivity contribution is 0.415. The van der Waals surface area contributed by atoms with Gasteiger partial charge in [0.2, 0.25) is 15.0 Å². The molecule has 0 saturated heterocycles. The molecule has 2 aromatic heterocycles. The van der Waals surface area contributed by atoms with Gasteiger partial charge >= 0.3 is 0 Å². The summed E-state index contributed by atoms with van der Waals surface area (Å²) < 4.78 is 34.2. The van der Waals surface area contributed by atoms with E-state index >= 15 is 0 Å². The predicted octanol–water partition coefficient (Wildman–Crippen LogP) is 2.99. The second kappa shape index (κ2) is 7.70. The normalized spacial score (nSPS) is 11.8. The van der Waals surface area contributed by atoms with Gasteiger partial charge in [-0.1, -0.05) is 18.2 Å². The quantitative estimate of drug-likeness (QED) is 0.502. The van der Waals surface area contributed by atoms with Gasteiger partial charge in [-0.3, -0.25) is 0 Å². The van der Waals surface area contributed by atoms with E-state index in [0.29, 0.717) is 12.2 Å². The van der Waals surface area contributed by atoms with Gasteiger partial charge in [0.1, 0.15) is 5.75 Å². The molecule has 9 heteroatoms. The fourth-order valence-electron chi connectivity index (χ4n) is 2.76. The maximum atomic E-state index is 12.3. The minimum Gasteiger partial charge on any atom is -0.497 e. The van der Waals surface area contributed by atoms with Crippen LogP contribution >= 0.6 is 11.3 Å². The van der Waals surface area contributed by atoms with Crippen LogP contribution in [-0.2, 0) is 16.4 Å². The van der Waals surface area contributed by atoms with E-state index in [2.05, 4.69) is 14.8 Å². The number of benzene rings is 2. The van der Waals surface area contributed by atoms with Crippen molar-refractivity contribution in [1.29, 1.82) is 0 Å². The van der Waals surface area contributed by atoms with E-state index in [1.54, 1.807) is 42.0 Å². The fourth-order valence-corrected chi connectivity index (χ4v) is 4.66. The van der Waals surface area contributed by atoms with E-state index in [9.17, 15) is 8.42 Å². The Balaban J connectivity index is 1.48. The van der Waals surface area contributed by atoms with E-state index in [1.165, 1.54) is 11.3 Å². The summed E-state index contributed by atoms with van der Waals surface area (Å²) in [5.74, 6) is 1.40. The van der Waals surface area contributed by atoms with Gasteiger partial charge < -0.3 is 4.74 Å². The number of fused-ring (bicyclic) bond motifs is 1. The summed E-state index contributed by atoms with van der Waals surface area (Å²) in [5, 5.41) is 6.52. The van der Waals surface area contributed by atoms with Crippen molar-refractivity contribution in [3.05, 3.63) is 65.7 Å². The largest absolute Gasteiger partial charge is 0.497 e. The van der Waals surface area contributed by atoms with Gasteiger partial charge in [0.05, 0.1) is 17.7 Å². The van der Waals surface area contributed by atoms with E-state index in [0.717, 1.165) is 22.0 Å². The number of nitrogens with one attached hydrogen (secondary N) is 1. The summed E-state index contributed by atoms with van der Waals surface area (Å²) in [7, 11) is -1.89. The SMILES string of the molecule is COc1ccc(-c2nc3scc(CCNS(=O)(=O)c4ccccc4)n3n2)cc1. The molecule has 2 aromatic carbocycles. The van der Waals surface area contributed by atoms with Gasteiger partial charge in [-0.05, 0) is 36.4 Å². The van der Waals surface area contributed by atoms with Crippen molar-refractivity contribution < 1.29 is 13.2 Å². The predicted molar refractivity (Wildman–Crippen MR) is 108 cm³/mol. The second-order valence-corrected chi connectivity index (χ2v) is 8.65. The molecule has 0 amide bonds. The third-order valence-electron chi connectivity index (χ3n) is 4.22. The van der Waals surface area contributed by atoms with E-state index < -0.39 is 10.0 Å². The molecule has 0 aliphatic carbocycles. The lowest BCUT2D eigenvalue weighted by Crippen LogP contribution is -2.26. The molecule has 0 bridgehead atoms. The molecule has 7 nitrogen and oxygen atoms in total. The number of hydrogen-bond donors (Lipinski definition) is 1. The average Bonchev–Trinajstić information content (AvgIpc) is 3.30. The minimum atomic E-state index is -3.51. The maximum Gasteiger partial charge on any atom is 0.240 e. The molecule has 0 aliphatic heterocycles. The van der Waals surface area contributed by atoms with Gasteiger partial charge in [-0.25, -0.2) is 17.7 Å². The maximum absolute atomic E-state index is 12.3. The lowest BCUT2D eigenvalue weighted by atomic mass is 10.2. The first-order valence-corrected chi connectivity index (χ1v) is 11.0.